The second-order valence-electron chi connectivity index (χ2n) is 3.51. The molecule has 0 aliphatic rings. The molecular weight excluding hydrogens is 300 g/mol. The molecule has 2 aromatic rings. The second kappa shape index (κ2) is 6.14. The van der Waals surface area contributed by atoms with Gasteiger partial charge in [0.25, 0.3) is 0 Å². The first-order valence-electron chi connectivity index (χ1n) is 5.24. The lowest BCUT2D eigenvalue weighted by atomic mass is 10.3. The van der Waals surface area contributed by atoms with E-state index in [2.05, 4.69) is 31.6 Å². The average Bonchev–Trinajstić information content (AvgIpc) is 2.77. The van der Waals surface area contributed by atoms with E-state index in [9.17, 15) is 0 Å². The van der Waals surface area contributed by atoms with E-state index in [-0.39, 0.29) is 0 Å². The largest absolute Gasteiger partial charge is 0.486 e. The van der Waals surface area contributed by atoms with E-state index < -0.39 is 0 Å². The highest BCUT2D eigenvalue weighted by atomic mass is 79.9. The molecule has 1 aromatic carbocycles. The molecule has 0 saturated carbocycles. The van der Waals surface area contributed by atoms with Crippen molar-refractivity contribution in [1.82, 2.24) is 10.3 Å². The molecule has 0 unspecified atom stereocenters. The maximum atomic E-state index is 5.65. The summed E-state index contributed by atoms with van der Waals surface area (Å²) in [5.74, 6) is 0.860. The molecule has 0 amide bonds. The summed E-state index contributed by atoms with van der Waals surface area (Å²) < 4.78 is 6.70. The van der Waals surface area contributed by atoms with Crippen molar-refractivity contribution in [2.24, 2.45) is 0 Å². The first kappa shape index (κ1) is 12.5. The third-order valence-corrected chi connectivity index (χ3v) is 3.53. The van der Waals surface area contributed by atoms with Gasteiger partial charge in [0.2, 0.25) is 0 Å². The van der Waals surface area contributed by atoms with Crippen molar-refractivity contribution in [2.75, 3.05) is 7.05 Å². The molecule has 0 saturated heterocycles. The van der Waals surface area contributed by atoms with Crippen LogP contribution in [0.4, 0.5) is 0 Å². The van der Waals surface area contributed by atoms with Gasteiger partial charge in [-0.15, -0.1) is 11.3 Å². The SMILES string of the molecule is CNCc1csc(COc2ccc(Br)cc2)n1. The molecule has 5 heteroatoms. The van der Waals surface area contributed by atoms with Crippen LogP contribution in [0.1, 0.15) is 10.7 Å². The summed E-state index contributed by atoms with van der Waals surface area (Å²) in [4.78, 5) is 4.45. The van der Waals surface area contributed by atoms with Crippen LogP contribution in [0.2, 0.25) is 0 Å². The average molecular weight is 313 g/mol. The van der Waals surface area contributed by atoms with Crippen molar-refractivity contribution in [1.29, 1.82) is 0 Å². The van der Waals surface area contributed by atoms with Crippen LogP contribution >= 0.6 is 27.3 Å². The summed E-state index contributed by atoms with van der Waals surface area (Å²) in [6.07, 6.45) is 0. The number of thiazole rings is 1. The van der Waals surface area contributed by atoms with Crippen LogP contribution in [-0.4, -0.2) is 12.0 Å². The second-order valence-corrected chi connectivity index (χ2v) is 5.36. The molecule has 0 aliphatic carbocycles. The molecule has 1 aromatic heterocycles. The zero-order valence-electron chi connectivity index (χ0n) is 9.44. The van der Waals surface area contributed by atoms with Gasteiger partial charge in [-0.1, -0.05) is 15.9 Å². The van der Waals surface area contributed by atoms with E-state index in [1.165, 1.54) is 0 Å². The van der Waals surface area contributed by atoms with Gasteiger partial charge in [0, 0.05) is 16.4 Å². The Morgan fingerprint density at radius 3 is 2.82 bits per heavy atom. The smallest absolute Gasteiger partial charge is 0.140 e. The molecular formula is C12H13BrN2OS. The van der Waals surface area contributed by atoms with Crippen molar-refractivity contribution in [3.8, 4) is 5.75 Å². The first-order valence-corrected chi connectivity index (χ1v) is 6.91. The van der Waals surface area contributed by atoms with Crippen LogP contribution in [0, 0.1) is 0 Å². The van der Waals surface area contributed by atoms with E-state index in [4.69, 9.17) is 4.74 Å². The highest BCUT2D eigenvalue weighted by Gasteiger charge is 2.02. The summed E-state index contributed by atoms with van der Waals surface area (Å²) in [7, 11) is 1.91. The number of benzene rings is 1. The van der Waals surface area contributed by atoms with Crippen LogP contribution in [0.25, 0.3) is 0 Å². The Balaban J connectivity index is 1.90. The van der Waals surface area contributed by atoms with E-state index in [1.807, 2.05) is 31.3 Å². The fourth-order valence-corrected chi connectivity index (χ4v) is 2.32. The third-order valence-electron chi connectivity index (χ3n) is 2.13. The third kappa shape index (κ3) is 3.80. The van der Waals surface area contributed by atoms with E-state index in [1.54, 1.807) is 11.3 Å². The van der Waals surface area contributed by atoms with E-state index >= 15 is 0 Å². The molecule has 1 heterocycles. The minimum absolute atomic E-state index is 0.524. The number of aromatic nitrogens is 1. The lowest BCUT2D eigenvalue weighted by Crippen LogP contribution is -2.05. The topological polar surface area (TPSA) is 34.1 Å². The molecule has 0 atom stereocenters. The molecule has 0 radical (unpaired) electrons. The van der Waals surface area contributed by atoms with Gasteiger partial charge < -0.3 is 10.1 Å². The molecule has 2 rings (SSSR count). The summed E-state index contributed by atoms with van der Waals surface area (Å²) in [6, 6.07) is 7.80. The minimum Gasteiger partial charge on any atom is -0.486 e. The quantitative estimate of drug-likeness (QED) is 0.920. The fraction of sp³-hybridized carbons (Fsp3) is 0.250. The van der Waals surface area contributed by atoms with Crippen molar-refractivity contribution in [3.05, 3.63) is 44.8 Å². The van der Waals surface area contributed by atoms with Gasteiger partial charge in [-0.25, -0.2) is 4.98 Å². The van der Waals surface area contributed by atoms with Crippen LogP contribution < -0.4 is 10.1 Å². The van der Waals surface area contributed by atoms with Gasteiger partial charge in [0.1, 0.15) is 17.4 Å². The number of rotatable bonds is 5. The zero-order chi connectivity index (χ0) is 12.1. The maximum absolute atomic E-state index is 5.65. The number of halogens is 1. The number of nitrogens with one attached hydrogen (secondary N) is 1. The Hall–Kier alpha value is -0.910. The molecule has 0 fully saturated rings. The Morgan fingerprint density at radius 1 is 1.35 bits per heavy atom. The monoisotopic (exact) mass is 312 g/mol. The number of hydrogen-bond donors (Lipinski definition) is 1. The van der Waals surface area contributed by atoms with Gasteiger partial charge >= 0.3 is 0 Å². The molecule has 17 heavy (non-hydrogen) atoms. The van der Waals surface area contributed by atoms with E-state index in [0.29, 0.717) is 6.61 Å². The van der Waals surface area contributed by atoms with Gasteiger partial charge in [-0.3, -0.25) is 0 Å². The van der Waals surface area contributed by atoms with Crippen molar-refractivity contribution in [3.63, 3.8) is 0 Å². The molecule has 1 N–H and O–H groups in total. The number of nitrogens with zero attached hydrogens (tertiary/aromatic N) is 1. The Labute approximate surface area is 113 Å². The van der Waals surface area contributed by atoms with Crippen molar-refractivity contribution in [2.45, 2.75) is 13.2 Å². The van der Waals surface area contributed by atoms with Gasteiger partial charge in [-0.2, -0.15) is 0 Å². The maximum Gasteiger partial charge on any atom is 0.140 e. The summed E-state index contributed by atoms with van der Waals surface area (Å²) in [5.41, 5.74) is 1.06. The predicted octanol–water partition coefficient (Wildman–Crippen LogP) is 3.20. The summed E-state index contributed by atoms with van der Waals surface area (Å²) in [6.45, 7) is 1.32. The van der Waals surface area contributed by atoms with Crippen LogP contribution in [-0.2, 0) is 13.2 Å². The molecule has 0 spiro atoms. The van der Waals surface area contributed by atoms with Crippen LogP contribution in [0.5, 0.6) is 5.75 Å². The highest BCUT2D eigenvalue weighted by molar-refractivity contribution is 9.10. The van der Waals surface area contributed by atoms with Gasteiger partial charge in [0.15, 0.2) is 0 Å². The molecule has 0 aliphatic heterocycles. The lowest BCUT2D eigenvalue weighted by Gasteiger charge is -2.03. The number of hydrogen-bond acceptors (Lipinski definition) is 4. The van der Waals surface area contributed by atoms with Crippen molar-refractivity contribution < 1.29 is 4.74 Å². The normalized spacial score (nSPS) is 10.5. The predicted molar refractivity (Wildman–Crippen MR) is 73.4 cm³/mol. The molecule has 3 nitrogen and oxygen atoms in total. The fourth-order valence-electron chi connectivity index (χ4n) is 1.35. The van der Waals surface area contributed by atoms with Gasteiger partial charge in [0.05, 0.1) is 5.69 Å². The molecule has 0 bridgehead atoms. The zero-order valence-corrected chi connectivity index (χ0v) is 11.8. The first-order chi connectivity index (χ1) is 8.28. The number of ether oxygens (including phenoxy) is 1. The van der Waals surface area contributed by atoms with Crippen LogP contribution in [0.15, 0.2) is 34.1 Å². The highest BCUT2D eigenvalue weighted by Crippen LogP contribution is 2.18. The molecule has 90 valence electrons. The Morgan fingerprint density at radius 2 is 2.12 bits per heavy atom. The minimum atomic E-state index is 0.524. The van der Waals surface area contributed by atoms with Crippen molar-refractivity contribution >= 4 is 27.3 Å². The Bertz CT molecular complexity index is 470. The summed E-state index contributed by atoms with van der Waals surface area (Å²) >= 11 is 5.02. The van der Waals surface area contributed by atoms with E-state index in [0.717, 1.165) is 27.5 Å². The van der Waals surface area contributed by atoms with Gasteiger partial charge in [-0.05, 0) is 31.3 Å². The standard InChI is InChI=1S/C12H13BrN2OS/c1-14-6-10-8-17-12(15-10)7-16-11-4-2-9(13)3-5-11/h2-5,8,14H,6-7H2,1H3. The Kier molecular flexibility index (Phi) is 4.53. The summed E-state index contributed by atoms with van der Waals surface area (Å²) in [5, 5.41) is 6.13. The lowest BCUT2D eigenvalue weighted by molar-refractivity contribution is 0.305. The van der Waals surface area contributed by atoms with Crippen LogP contribution in [0.3, 0.4) is 0 Å².